The van der Waals surface area contributed by atoms with E-state index in [1.54, 1.807) is 4.90 Å². The van der Waals surface area contributed by atoms with Crippen LogP contribution in [-0.4, -0.2) is 40.8 Å². The number of fused-ring (bicyclic) bond motifs is 1. The first kappa shape index (κ1) is 14.6. The van der Waals surface area contributed by atoms with E-state index in [2.05, 4.69) is 0 Å². The molecule has 0 radical (unpaired) electrons. The van der Waals surface area contributed by atoms with Crippen LogP contribution in [0.15, 0.2) is 0 Å². The van der Waals surface area contributed by atoms with Crippen LogP contribution >= 0.6 is 11.6 Å². The van der Waals surface area contributed by atoms with Gasteiger partial charge < -0.3 is 4.74 Å². The van der Waals surface area contributed by atoms with Crippen molar-refractivity contribution in [2.24, 2.45) is 11.8 Å². The predicted molar refractivity (Wildman–Crippen MR) is 73.3 cm³/mol. The lowest BCUT2D eigenvalue weighted by atomic mass is 9.92. The minimum absolute atomic E-state index is 0.0345. The molecule has 0 bridgehead atoms. The van der Waals surface area contributed by atoms with Gasteiger partial charge in [-0.3, -0.25) is 9.69 Å². The van der Waals surface area contributed by atoms with Crippen molar-refractivity contribution in [1.82, 2.24) is 4.90 Å². The molecule has 1 amide bonds. The van der Waals surface area contributed by atoms with Crippen LogP contribution in [0.5, 0.6) is 0 Å². The molecule has 0 aromatic heterocycles. The Kier molecular flexibility index (Phi) is 4.09. The minimum atomic E-state index is -0.538. The third kappa shape index (κ3) is 3.04. The second kappa shape index (κ2) is 5.31. The Labute approximate surface area is 119 Å². The monoisotopic (exact) mass is 287 g/mol. The molecular weight excluding hydrogens is 266 g/mol. The van der Waals surface area contributed by atoms with Crippen LogP contribution in [0.2, 0.25) is 0 Å². The average molecular weight is 288 g/mol. The Morgan fingerprint density at radius 1 is 1.32 bits per heavy atom. The molecule has 0 N–H and O–H groups in total. The molecular formula is C14H22ClNO3. The fourth-order valence-corrected chi connectivity index (χ4v) is 3.46. The van der Waals surface area contributed by atoms with E-state index >= 15 is 0 Å². The number of rotatable bonds is 2. The first-order chi connectivity index (χ1) is 8.83. The molecule has 2 aliphatic rings. The highest BCUT2D eigenvalue weighted by Gasteiger charge is 2.49. The summed E-state index contributed by atoms with van der Waals surface area (Å²) in [5, 5.41) is 0. The standard InChI is InChI=1S/C14H22ClNO3/c1-14(2,3)19-13(18)16-8-9-5-4-6-10(9)12(16)11(17)7-15/h9-10,12H,4-8H2,1-3H3. The number of alkyl halides is 1. The lowest BCUT2D eigenvalue weighted by Crippen LogP contribution is -2.46. The van der Waals surface area contributed by atoms with Gasteiger partial charge in [0.2, 0.25) is 0 Å². The van der Waals surface area contributed by atoms with Gasteiger partial charge in [-0.1, -0.05) is 6.42 Å². The van der Waals surface area contributed by atoms with Gasteiger partial charge in [0.25, 0.3) is 0 Å². The molecule has 2 rings (SSSR count). The third-order valence-electron chi connectivity index (χ3n) is 3.98. The van der Waals surface area contributed by atoms with Crippen LogP contribution < -0.4 is 0 Å². The molecule has 4 nitrogen and oxygen atoms in total. The van der Waals surface area contributed by atoms with E-state index < -0.39 is 5.60 Å². The van der Waals surface area contributed by atoms with Gasteiger partial charge in [0.15, 0.2) is 5.78 Å². The van der Waals surface area contributed by atoms with Gasteiger partial charge in [0.1, 0.15) is 5.60 Å². The highest BCUT2D eigenvalue weighted by atomic mass is 35.5. The molecule has 1 heterocycles. The van der Waals surface area contributed by atoms with Gasteiger partial charge in [-0.15, -0.1) is 11.6 Å². The zero-order chi connectivity index (χ0) is 14.2. The number of ketones is 1. The molecule has 1 aliphatic heterocycles. The number of Topliss-reactive ketones (excluding diaryl/α,β-unsaturated/α-hetero) is 1. The number of hydrogen-bond acceptors (Lipinski definition) is 3. The molecule has 1 saturated carbocycles. The van der Waals surface area contributed by atoms with E-state index in [0.717, 1.165) is 19.3 Å². The largest absolute Gasteiger partial charge is 0.444 e. The minimum Gasteiger partial charge on any atom is -0.444 e. The lowest BCUT2D eigenvalue weighted by molar-refractivity contribution is -0.122. The Morgan fingerprint density at radius 3 is 2.58 bits per heavy atom. The molecule has 0 spiro atoms. The smallest absolute Gasteiger partial charge is 0.410 e. The maximum Gasteiger partial charge on any atom is 0.410 e. The Balaban J connectivity index is 2.14. The zero-order valence-corrected chi connectivity index (χ0v) is 12.6. The van der Waals surface area contributed by atoms with Gasteiger partial charge >= 0.3 is 6.09 Å². The number of hydrogen-bond donors (Lipinski definition) is 0. The van der Waals surface area contributed by atoms with Crippen molar-refractivity contribution in [3.63, 3.8) is 0 Å². The van der Waals surface area contributed by atoms with Crippen molar-refractivity contribution in [2.45, 2.75) is 51.7 Å². The summed E-state index contributed by atoms with van der Waals surface area (Å²) in [5.74, 6) is 0.623. The molecule has 3 unspecified atom stereocenters. The van der Waals surface area contributed by atoms with Crippen molar-refractivity contribution in [1.29, 1.82) is 0 Å². The van der Waals surface area contributed by atoms with Gasteiger partial charge in [0, 0.05) is 6.54 Å². The zero-order valence-electron chi connectivity index (χ0n) is 11.8. The first-order valence-corrected chi connectivity index (χ1v) is 7.45. The summed E-state index contributed by atoms with van der Waals surface area (Å²) in [6.07, 6.45) is 2.86. The van der Waals surface area contributed by atoms with Gasteiger partial charge in [0.05, 0.1) is 11.9 Å². The van der Waals surface area contributed by atoms with E-state index in [4.69, 9.17) is 16.3 Å². The molecule has 19 heavy (non-hydrogen) atoms. The van der Waals surface area contributed by atoms with Crippen molar-refractivity contribution in [2.75, 3.05) is 12.4 Å². The summed E-state index contributed by atoms with van der Waals surface area (Å²) in [6.45, 7) is 6.13. The fourth-order valence-electron chi connectivity index (χ4n) is 3.31. The van der Waals surface area contributed by atoms with Crippen molar-refractivity contribution >= 4 is 23.5 Å². The second-order valence-electron chi connectivity index (χ2n) is 6.53. The van der Waals surface area contributed by atoms with Crippen molar-refractivity contribution in [3.05, 3.63) is 0 Å². The Morgan fingerprint density at radius 2 is 2.00 bits per heavy atom. The fraction of sp³-hybridized carbons (Fsp3) is 0.857. The number of likely N-dealkylation sites (tertiary alicyclic amines) is 1. The molecule has 0 aromatic carbocycles. The molecule has 108 valence electrons. The molecule has 3 atom stereocenters. The molecule has 5 heteroatoms. The third-order valence-corrected chi connectivity index (χ3v) is 4.24. The number of carbonyl (C=O) groups excluding carboxylic acids is 2. The molecule has 2 fully saturated rings. The van der Waals surface area contributed by atoms with Crippen molar-refractivity contribution < 1.29 is 14.3 Å². The second-order valence-corrected chi connectivity index (χ2v) is 6.80. The molecule has 1 aliphatic carbocycles. The van der Waals surface area contributed by atoms with E-state index in [1.165, 1.54) is 0 Å². The summed E-state index contributed by atoms with van der Waals surface area (Å²) < 4.78 is 5.40. The van der Waals surface area contributed by atoms with Crippen LogP contribution in [0.4, 0.5) is 4.79 Å². The normalized spacial score (nSPS) is 30.3. The topological polar surface area (TPSA) is 46.6 Å². The summed E-state index contributed by atoms with van der Waals surface area (Å²) in [5.41, 5.74) is -0.538. The van der Waals surface area contributed by atoms with Gasteiger partial charge in [-0.05, 0) is 45.4 Å². The molecule has 0 aromatic rings. The number of nitrogens with zero attached hydrogens (tertiary/aromatic N) is 1. The van der Waals surface area contributed by atoms with Crippen molar-refractivity contribution in [3.8, 4) is 0 Å². The quantitative estimate of drug-likeness (QED) is 0.734. The number of ether oxygens (including phenoxy) is 1. The van der Waals surface area contributed by atoms with Crippen LogP contribution in [0, 0.1) is 11.8 Å². The lowest BCUT2D eigenvalue weighted by Gasteiger charge is -2.29. The van der Waals surface area contributed by atoms with Gasteiger partial charge in [-0.2, -0.15) is 0 Å². The van der Waals surface area contributed by atoms with Gasteiger partial charge in [-0.25, -0.2) is 4.79 Å². The summed E-state index contributed by atoms with van der Waals surface area (Å²) in [4.78, 5) is 25.9. The van der Waals surface area contributed by atoms with E-state index in [0.29, 0.717) is 12.5 Å². The van der Waals surface area contributed by atoms with Crippen LogP contribution in [0.3, 0.4) is 0 Å². The molecule has 1 saturated heterocycles. The summed E-state index contributed by atoms with van der Waals surface area (Å²) >= 11 is 5.70. The SMILES string of the molecule is CC(C)(C)OC(=O)N1CC2CCCC2C1C(=O)CCl. The Bertz CT molecular complexity index is 377. The van der Waals surface area contributed by atoms with Crippen LogP contribution in [0.25, 0.3) is 0 Å². The number of halogens is 1. The maximum absolute atomic E-state index is 12.2. The maximum atomic E-state index is 12.2. The number of carbonyl (C=O) groups is 2. The summed E-state index contributed by atoms with van der Waals surface area (Å²) in [6, 6.07) is -0.375. The first-order valence-electron chi connectivity index (χ1n) is 6.92. The van der Waals surface area contributed by atoms with E-state index in [1.807, 2.05) is 20.8 Å². The highest BCUT2D eigenvalue weighted by Crippen LogP contribution is 2.43. The summed E-state index contributed by atoms with van der Waals surface area (Å²) in [7, 11) is 0. The predicted octanol–water partition coefficient (Wildman–Crippen LogP) is 2.83. The van der Waals surface area contributed by atoms with Crippen LogP contribution in [0.1, 0.15) is 40.0 Å². The average Bonchev–Trinajstić information content (AvgIpc) is 2.84. The van der Waals surface area contributed by atoms with E-state index in [-0.39, 0.29) is 29.7 Å². The van der Waals surface area contributed by atoms with E-state index in [9.17, 15) is 9.59 Å². The Hall–Kier alpha value is -0.770. The van der Waals surface area contributed by atoms with Crippen LogP contribution in [-0.2, 0) is 9.53 Å². The highest BCUT2D eigenvalue weighted by molar-refractivity contribution is 6.28. The number of amides is 1.